The summed E-state index contributed by atoms with van der Waals surface area (Å²) < 4.78 is 0. The monoisotopic (exact) mass is 142 g/mol. The minimum absolute atomic E-state index is 0.215. The summed E-state index contributed by atoms with van der Waals surface area (Å²) in [5.74, 6) is 0. The van der Waals surface area contributed by atoms with Crippen LogP contribution in [0.25, 0.3) is 0 Å². The normalized spacial score (nSPS) is 18.4. The molecule has 10 heavy (non-hydrogen) atoms. The summed E-state index contributed by atoms with van der Waals surface area (Å²) in [5, 5.41) is 5.19. The van der Waals surface area contributed by atoms with Crippen LogP contribution >= 0.6 is 0 Å². The number of nitrogens with one attached hydrogen (secondary N) is 2. The van der Waals surface area contributed by atoms with Crippen molar-refractivity contribution in [2.75, 3.05) is 13.6 Å². The van der Waals surface area contributed by atoms with Gasteiger partial charge in [0.1, 0.15) is 0 Å². The molecule has 1 aliphatic heterocycles. The lowest BCUT2D eigenvalue weighted by atomic mass is 10.4. The standard InChI is InChI=1S/C5H10N4O/c1-4-3-9(6-2)5(10)8-7-4/h6H,3H2,1-2H3,(H,8,10). The van der Waals surface area contributed by atoms with E-state index in [0.717, 1.165) is 5.71 Å². The zero-order valence-electron chi connectivity index (χ0n) is 6.01. The van der Waals surface area contributed by atoms with Crippen LogP contribution in [0.3, 0.4) is 0 Å². The SMILES string of the molecule is CNN1CC(C)=NNC1=O. The second-order valence-electron chi connectivity index (χ2n) is 2.07. The average molecular weight is 142 g/mol. The number of carbonyl (C=O) groups excluding carboxylic acids is 1. The maximum Gasteiger partial charge on any atom is 0.352 e. The lowest BCUT2D eigenvalue weighted by Gasteiger charge is -2.23. The molecule has 5 heteroatoms. The quantitative estimate of drug-likeness (QED) is 0.519. The molecule has 0 aromatic rings. The molecule has 1 rings (SSSR count). The third-order valence-electron chi connectivity index (χ3n) is 1.24. The van der Waals surface area contributed by atoms with Crippen molar-refractivity contribution in [1.29, 1.82) is 0 Å². The van der Waals surface area contributed by atoms with Crippen molar-refractivity contribution in [2.45, 2.75) is 6.92 Å². The fourth-order valence-corrected chi connectivity index (χ4v) is 0.720. The first-order chi connectivity index (χ1) is 4.74. The summed E-state index contributed by atoms with van der Waals surface area (Å²) in [4.78, 5) is 10.8. The van der Waals surface area contributed by atoms with Gasteiger partial charge in [0.2, 0.25) is 0 Å². The van der Waals surface area contributed by atoms with Crippen molar-refractivity contribution in [2.24, 2.45) is 5.10 Å². The smallest absolute Gasteiger partial charge is 0.253 e. The number of urea groups is 1. The Morgan fingerprint density at radius 3 is 3.00 bits per heavy atom. The van der Waals surface area contributed by atoms with Gasteiger partial charge >= 0.3 is 6.03 Å². The molecule has 1 aliphatic rings. The molecule has 2 amide bonds. The molecule has 0 radical (unpaired) electrons. The highest BCUT2D eigenvalue weighted by Gasteiger charge is 2.15. The minimum atomic E-state index is -0.215. The van der Waals surface area contributed by atoms with Gasteiger partial charge in [0.25, 0.3) is 0 Å². The van der Waals surface area contributed by atoms with E-state index in [1.165, 1.54) is 5.01 Å². The molecular weight excluding hydrogens is 132 g/mol. The van der Waals surface area contributed by atoms with Gasteiger partial charge in [0, 0.05) is 7.05 Å². The third-order valence-corrected chi connectivity index (χ3v) is 1.24. The Labute approximate surface area is 59.0 Å². The number of hydrogen-bond acceptors (Lipinski definition) is 3. The Morgan fingerprint density at radius 1 is 1.80 bits per heavy atom. The van der Waals surface area contributed by atoms with E-state index in [2.05, 4.69) is 16.0 Å². The minimum Gasteiger partial charge on any atom is -0.253 e. The largest absolute Gasteiger partial charge is 0.352 e. The second-order valence-corrected chi connectivity index (χ2v) is 2.07. The summed E-state index contributed by atoms with van der Waals surface area (Å²) >= 11 is 0. The first-order valence-electron chi connectivity index (χ1n) is 3.02. The van der Waals surface area contributed by atoms with Gasteiger partial charge < -0.3 is 0 Å². The summed E-state index contributed by atoms with van der Waals surface area (Å²) in [7, 11) is 1.69. The van der Waals surface area contributed by atoms with Gasteiger partial charge in [-0.15, -0.1) is 0 Å². The van der Waals surface area contributed by atoms with E-state index < -0.39 is 0 Å². The van der Waals surface area contributed by atoms with Gasteiger partial charge in [0.05, 0.1) is 12.3 Å². The molecule has 0 aliphatic carbocycles. The van der Waals surface area contributed by atoms with E-state index in [0.29, 0.717) is 6.54 Å². The lowest BCUT2D eigenvalue weighted by Crippen LogP contribution is -2.50. The summed E-state index contributed by atoms with van der Waals surface area (Å²) in [6, 6.07) is -0.215. The molecule has 0 atom stereocenters. The molecule has 5 nitrogen and oxygen atoms in total. The van der Waals surface area contributed by atoms with Crippen molar-refractivity contribution in [3.05, 3.63) is 0 Å². The van der Waals surface area contributed by atoms with E-state index >= 15 is 0 Å². The van der Waals surface area contributed by atoms with E-state index in [1.807, 2.05) is 6.92 Å². The number of rotatable bonds is 1. The first-order valence-corrected chi connectivity index (χ1v) is 3.02. The molecule has 0 bridgehead atoms. The van der Waals surface area contributed by atoms with Crippen molar-refractivity contribution < 1.29 is 4.79 Å². The van der Waals surface area contributed by atoms with E-state index in [9.17, 15) is 4.79 Å². The molecule has 0 spiro atoms. The van der Waals surface area contributed by atoms with E-state index in [1.54, 1.807) is 7.05 Å². The molecule has 0 fully saturated rings. The van der Waals surface area contributed by atoms with Crippen LogP contribution in [0, 0.1) is 0 Å². The third kappa shape index (κ3) is 1.24. The highest BCUT2D eigenvalue weighted by molar-refractivity contribution is 5.91. The van der Waals surface area contributed by atoms with E-state index in [4.69, 9.17) is 0 Å². The van der Waals surface area contributed by atoms with Crippen molar-refractivity contribution in [3.63, 3.8) is 0 Å². The highest BCUT2D eigenvalue weighted by Crippen LogP contribution is 1.91. The highest BCUT2D eigenvalue weighted by atomic mass is 16.2. The molecule has 0 aromatic carbocycles. The first kappa shape index (κ1) is 7.01. The van der Waals surface area contributed by atoms with Crippen LogP contribution in [0.2, 0.25) is 0 Å². The number of nitrogens with zero attached hydrogens (tertiary/aromatic N) is 2. The number of hydrogen-bond donors (Lipinski definition) is 2. The van der Waals surface area contributed by atoms with E-state index in [-0.39, 0.29) is 6.03 Å². The topological polar surface area (TPSA) is 56.7 Å². The molecule has 1 heterocycles. The van der Waals surface area contributed by atoms with Crippen molar-refractivity contribution in [3.8, 4) is 0 Å². The van der Waals surface area contributed by atoms with Crippen LogP contribution in [0.4, 0.5) is 4.79 Å². The average Bonchev–Trinajstić information content (AvgIpc) is 1.94. The predicted octanol–water partition coefficient (Wildman–Crippen LogP) is -0.478. The Bertz CT molecular complexity index is 176. The summed E-state index contributed by atoms with van der Waals surface area (Å²) in [6.07, 6.45) is 0. The number of carbonyl (C=O) groups is 1. The van der Waals surface area contributed by atoms with Gasteiger partial charge in [-0.05, 0) is 6.92 Å². The summed E-state index contributed by atoms with van der Waals surface area (Å²) in [6.45, 7) is 2.39. The van der Waals surface area contributed by atoms with Gasteiger partial charge in [-0.1, -0.05) is 0 Å². The second kappa shape index (κ2) is 2.66. The van der Waals surface area contributed by atoms with Gasteiger partial charge in [-0.3, -0.25) is 5.01 Å². The van der Waals surface area contributed by atoms with Crippen LogP contribution in [-0.4, -0.2) is 30.3 Å². The molecule has 56 valence electrons. The molecule has 0 unspecified atom stereocenters. The molecule has 2 N–H and O–H groups in total. The zero-order chi connectivity index (χ0) is 7.56. The maximum absolute atomic E-state index is 10.8. The van der Waals surface area contributed by atoms with Crippen LogP contribution in [0.1, 0.15) is 6.92 Å². The van der Waals surface area contributed by atoms with Crippen LogP contribution < -0.4 is 10.9 Å². The zero-order valence-corrected chi connectivity index (χ0v) is 6.01. The van der Waals surface area contributed by atoms with Crippen LogP contribution in [-0.2, 0) is 0 Å². The maximum atomic E-state index is 10.8. The fraction of sp³-hybridized carbons (Fsp3) is 0.600. The van der Waals surface area contributed by atoms with Gasteiger partial charge in [-0.25, -0.2) is 15.6 Å². The van der Waals surface area contributed by atoms with Crippen molar-refractivity contribution >= 4 is 11.7 Å². The number of hydrazone groups is 1. The fourth-order valence-electron chi connectivity index (χ4n) is 0.720. The molecule has 0 saturated carbocycles. The molecule has 0 saturated heterocycles. The lowest BCUT2D eigenvalue weighted by molar-refractivity contribution is 0.184. The van der Waals surface area contributed by atoms with Crippen LogP contribution in [0.5, 0.6) is 0 Å². The number of hydrazine groups is 1. The predicted molar refractivity (Wildman–Crippen MR) is 37.4 cm³/mol. The molecular formula is C5H10N4O. The van der Waals surface area contributed by atoms with Crippen molar-refractivity contribution in [1.82, 2.24) is 15.9 Å². The Kier molecular flexibility index (Phi) is 1.86. The number of amides is 2. The molecule has 0 aromatic heterocycles. The summed E-state index contributed by atoms with van der Waals surface area (Å²) in [5.41, 5.74) is 5.95. The Morgan fingerprint density at radius 2 is 2.50 bits per heavy atom. The Balaban J connectivity index is 2.62. The van der Waals surface area contributed by atoms with Gasteiger partial charge in [0.15, 0.2) is 0 Å². The van der Waals surface area contributed by atoms with Crippen LogP contribution in [0.15, 0.2) is 5.10 Å². The Hall–Kier alpha value is -1.10. The van der Waals surface area contributed by atoms with Gasteiger partial charge in [-0.2, -0.15) is 5.10 Å².